The van der Waals surface area contributed by atoms with Gasteiger partial charge in [0.25, 0.3) is 0 Å². The van der Waals surface area contributed by atoms with Crippen molar-refractivity contribution in [1.29, 1.82) is 0 Å². The number of alkyl carbamates (subject to hydrolysis) is 1. The molecule has 1 N–H and O–H groups in total. The highest BCUT2D eigenvalue weighted by Crippen LogP contribution is 2.14. The Morgan fingerprint density at radius 1 is 1.32 bits per heavy atom. The summed E-state index contributed by atoms with van der Waals surface area (Å²) < 4.78 is 6.94. The Balaban J connectivity index is 1.91. The van der Waals surface area contributed by atoms with Crippen LogP contribution in [0.4, 0.5) is 4.79 Å². The third-order valence-corrected chi connectivity index (χ3v) is 2.83. The van der Waals surface area contributed by atoms with Crippen LogP contribution in [-0.4, -0.2) is 32.7 Å². The fraction of sp³-hybridized carbons (Fsp3) is 0.438. The van der Waals surface area contributed by atoms with Gasteiger partial charge >= 0.3 is 6.09 Å². The molecule has 1 aromatic heterocycles. The van der Waals surface area contributed by atoms with E-state index >= 15 is 0 Å². The molecular formula is C16H22N4O2. The van der Waals surface area contributed by atoms with Gasteiger partial charge in [0.15, 0.2) is 0 Å². The molecule has 0 radical (unpaired) electrons. The van der Waals surface area contributed by atoms with Gasteiger partial charge in [-0.25, -0.2) is 9.48 Å². The number of carbonyl (C=O) groups excluding carboxylic acids is 1. The molecule has 118 valence electrons. The second-order valence-electron chi connectivity index (χ2n) is 6.24. The summed E-state index contributed by atoms with van der Waals surface area (Å²) in [5, 5.41) is 11.0. The van der Waals surface area contributed by atoms with Crippen LogP contribution >= 0.6 is 0 Å². The minimum atomic E-state index is -0.502. The minimum Gasteiger partial charge on any atom is -0.444 e. The van der Waals surface area contributed by atoms with E-state index in [9.17, 15) is 4.79 Å². The zero-order chi connectivity index (χ0) is 16.2. The van der Waals surface area contributed by atoms with E-state index in [0.29, 0.717) is 6.54 Å². The minimum absolute atomic E-state index is 0.111. The van der Waals surface area contributed by atoms with Gasteiger partial charge in [0.05, 0.1) is 12.7 Å². The monoisotopic (exact) mass is 302 g/mol. The maximum Gasteiger partial charge on any atom is 0.407 e. The van der Waals surface area contributed by atoms with Crippen molar-refractivity contribution < 1.29 is 9.53 Å². The van der Waals surface area contributed by atoms with Gasteiger partial charge in [-0.15, -0.1) is 5.10 Å². The summed E-state index contributed by atoms with van der Waals surface area (Å²) >= 11 is 0. The molecular weight excluding hydrogens is 280 g/mol. The molecule has 2 rings (SSSR count). The third-order valence-electron chi connectivity index (χ3n) is 2.83. The van der Waals surface area contributed by atoms with Gasteiger partial charge < -0.3 is 10.1 Å². The lowest BCUT2D eigenvalue weighted by molar-refractivity contribution is 0.0503. The maximum atomic E-state index is 11.7. The summed E-state index contributed by atoms with van der Waals surface area (Å²) in [6, 6.07) is 9.73. The first-order valence-corrected chi connectivity index (χ1v) is 7.28. The second kappa shape index (κ2) is 6.60. The van der Waals surface area contributed by atoms with Crippen LogP contribution in [0.3, 0.4) is 0 Å². The fourth-order valence-electron chi connectivity index (χ4n) is 1.96. The number of nitrogens with zero attached hydrogens (tertiary/aromatic N) is 3. The van der Waals surface area contributed by atoms with Crippen LogP contribution in [0.5, 0.6) is 0 Å². The van der Waals surface area contributed by atoms with Crippen LogP contribution in [0.25, 0.3) is 11.3 Å². The summed E-state index contributed by atoms with van der Waals surface area (Å²) in [6.45, 7) is 7.93. The van der Waals surface area contributed by atoms with Crippen LogP contribution in [0.2, 0.25) is 0 Å². The van der Waals surface area contributed by atoms with Gasteiger partial charge in [0.1, 0.15) is 11.3 Å². The van der Waals surface area contributed by atoms with Gasteiger partial charge in [0, 0.05) is 11.6 Å². The average Bonchev–Trinajstić information content (AvgIpc) is 2.85. The number of rotatable bonds is 4. The van der Waals surface area contributed by atoms with Crippen molar-refractivity contribution in [1.82, 2.24) is 20.3 Å². The van der Waals surface area contributed by atoms with Crippen molar-refractivity contribution in [3.05, 3.63) is 36.5 Å². The quantitative estimate of drug-likeness (QED) is 0.943. The lowest BCUT2D eigenvalue weighted by Gasteiger charge is -2.21. The summed E-state index contributed by atoms with van der Waals surface area (Å²) in [5.74, 6) is 0. The molecule has 0 fully saturated rings. The van der Waals surface area contributed by atoms with Crippen molar-refractivity contribution in [2.24, 2.45) is 0 Å². The Hall–Kier alpha value is -2.37. The van der Waals surface area contributed by atoms with E-state index in [4.69, 9.17) is 4.74 Å². The SMILES string of the molecule is C[C@@H](Cn1cc(-c2ccccc2)nn1)NC(=O)OC(C)(C)C. The van der Waals surface area contributed by atoms with Gasteiger partial charge in [0.2, 0.25) is 0 Å². The molecule has 0 unspecified atom stereocenters. The second-order valence-corrected chi connectivity index (χ2v) is 6.24. The highest BCUT2D eigenvalue weighted by atomic mass is 16.6. The van der Waals surface area contributed by atoms with Gasteiger partial charge in [-0.1, -0.05) is 35.5 Å². The molecule has 1 amide bonds. The topological polar surface area (TPSA) is 69.0 Å². The number of hydrogen-bond donors (Lipinski definition) is 1. The Bertz CT molecular complexity index is 617. The van der Waals surface area contributed by atoms with Crippen molar-refractivity contribution in [2.75, 3.05) is 0 Å². The van der Waals surface area contributed by atoms with Gasteiger partial charge in [-0.3, -0.25) is 0 Å². The number of amides is 1. The largest absolute Gasteiger partial charge is 0.444 e. The van der Waals surface area contributed by atoms with Gasteiger partial charge in [-0.05, 0) is 27.7 Å². The van der Waals surface area contributed by atoms with Crippen molar-refractivity contribution in [3.8, 4) is 11.3 Å². The predicted molar refractivity (Wildman–Crippen MR) is 84.3 cm³/mol. The molecule has 0 saturated carbocycles. The molecule has 0 aliphatic heterocycles. The normalized spacial score (nSPS) is 12.7. The van der Waals surface area contributed by atoms with Crippen molar-refractivity contribution in [2.45, 2.75) is 45.9 Å². The fourth-order valence-corrected chi connectivity index (χ4v) is 1.96. The lowest BCUT2D eigenvalue weighted by Crippen LogP contribution is -2.39. The molecule has 6 heteroatoms. The van der Waals surface area contributed by atoms with Crippen LogP contribution < -0.4 is 5.32 Å². The van der Waals surface area contributed by atoms with Crippen LogP contribution in [0, 0.1) is 0 Å². The Kier molecular flexibility index (Phi) is 4.80. The number of aromatic nitrogens is 3. The number of benzene rings is 1. The molecule has 0 bridgehead atoms. The summed E-state index contributed by atoms with van der Waals surface area (Å²) in [5.41, 5.74) is 1.32. The molecule has 1 aromatic carbocycles. The van der Waals surface area contributed by atoms with E-state index in [1.807, 2.05) is 64.2 Å². The Labute approximate surface area is 130 Å². The summed E-state index contributed by atoms with van der Waals surface area (Å²) in [6.07, 6.45) is 1.44. The third kappa shape index (κ3) is 4.87. The zero-order valence-electron chi connectivity index (χ0n) is 13.4. The highest BCUT2D eigenvalue weighted by Gasteiger charge is 2.18. The number of nitrogens with one attached hydrogen (secondary N) is 1. The Morgan fingerprint density at radius 2 is 2.00 bits per heavy atom. The molecule has 1 heterocycles. The molecule has 0 saturated heterocycles. The van der Waals surface area contributed by atoms with E-state index in [1.54, 1.807) is 4.68 Å². The van der Waals surface area contributed by atoms with E-state index < -0.39 is 11.7 Å². The van der Waals surface area contributed by atoms with Gasteiger partial charge in [-0.2, -0.15) is 0 Å². The molecule has 0 spiro atoms. The van der Waals surface area contributed by atoms with E-state index in [-0.39, 0.29) is 6.04 Å². The maximum absolute atomic E-state index is 11.7. The van der Waals surface area contributed by atoms with Crippen LogP contribution in [-0.2, 0) is 11.3 Å². The van der Waals surface area contributed by atoms with Crippen molar-refractivity contribution >= 4 is 6.09 Å². The average molecular weight is 302 g/mol. The highest BCUT2D eigenvalue weighted by molar-refractivity contribution is 5.68. The first-order valence-electron chi connectivity index (χ1n) is 7.28. The number of ether oxygens (including phenoxy) is 1. The first kappa shape index (κ1) is 16.0. The van der Waals surface area contributed by atoms with Crippen molar-refractivity contribution in [3.63, 3.8) is 0 Å². The lowest BCUT2D eigenvalue weighted by atomic mass is 10.2. The number of carbonyl (C=O) groups is 1. The molecule has 2 aromatic rings. The molecule has 22 heavy (non-hydrogen) atoms. The zero-order valence-corrected chi connectivity index (χ0v) is 13.4. The van der Waals surface area contributed by atoms with E-state index in [0.717, 1.165) is 11.3 Å². The molecule has 1 atom stereocenters. The molecule has 6 nitrogen and oxygen atoms in total. The van der Waals surface area contributed by atoms with Crippen LogP contribution in [0.15, 0.2) is 36.5 Å². The first-order chi connectivity index (χ1) is 10.3. The summed E-state index contributed by atoms with van der Waals surface area (Å²) in [4.78, 5) is 11.7. The number of hydrogen-bond acceptors (Lipinski definition) is 4. The Morgan fingerprint density at radius 3 is 2.64 bits per heavy atom. The van der Waals surface area contributed by atoms with Crippen LogP contribution in [0.1, 0.15) is 27.7 Å². The van der Waals surface area contributed by atoms with E-state index in [2.05, 4.69) is 15.6 Å². The predicted octanol–water partition coefficient (Wildman–Crippen LogP) is 2.86. The summed E-state index contributed by atoms with van der Waals surface area (Å²) in [7, 11) is 0. The smallest absolute Gasteiger partial charge is 0.407 e. The van der Waals surface area contributed by atoms with E-state index in [1.165, 1.54) is 0 Å². The molecule has 0 aliphatic carbocycles. The molecule has 0 aliphatic rings. The standard InChI is InChI=1S/C16H22N4O2/c1-12(17-15(21)22-16(2,3)4)10-20-11-14(18-19-20)13-8-6-5-7-9-13/h5-9,11-12H,10H2,1-4H3,(H,17,21)/t12-/m0/s1.